The number of aromatic carboxylic acids is 1. The third-order valence-electron chi connectivity index (χ3n) is 3.72. The van der Waals surface area contributed by atoms with E-state index in [1.807, 2.05) is 0 Å². The summed E-state index contributed by atoms with van der Waals surface area (Å²) < 4.78 is 4.91. The first-order valence-corrected chi connectivity index (χ1v) is 6.02. The third-order valence-corrected chi connectivity index (χ3v) is 3.72. The average molecular weight is 248 g/mol. The number of methoxy groups -OCH3 is 1. The predicted molar refractivity (Wildman–Crippen MR) is 65.6 cm³/mol. The molecule has 0 heterocycles. The lowest BCUT2D eigenvalue weighted by molar-refractivity contribution is -0.147. The fourth-order valence-electron chi connectivity index (χ4n) is 2.72. The summed E-state index contributed by atoms with van der Waals surface area (Å²) in [6, 6.07) is 6.54. The Morgan fingerprint density at radius 3 is 2.17 bits per heavy atom. The van der Waals surface area contributed by atoms with Crippen molar-refractivity contribution in [3.8, 4) is 0 Å². The third kappa shape index (κ3) is 1.98. The number of ether oxygens (including phenoxy) is 1. The Hall–Kier alpha value is -1.84. The van der Waals surface area contributed by atoms with Gasteiger partial charge < -0.3 is 9.84 Å². The van der Waals surface area contributed by atoms with Crippen molar-refractivity contribution in [1.82, 2.24) is 0 Å². The van der Waals surface area contributed by atoms with Crippen molar-refractivity contribution in [2.75, 3.05) is 7.11 Å². The highest BCUT2D eigenvalue weighted by Crippen LogP contribution is 2.42. The van der Waals surface area contributed by atoms with Gasteiger partial charge in [0.1, 0.15) is 0 Å². The second-order valence-corrected chi connectivity index (χ2v) is 4.66. The lowest BCUT2D eigenvalue weighted by Gasteiger charge is -2.26. The van der Waals surface area contributed by atoms with Gasteiger partial charge in [0.15, 0.2) is 0 Å². The van der Waals surface area contributed by atoms with Crippen LogP contribution >= 0.6 is 0 Å². The molecule has 4 nitrogen and oxygen atoms in total. The maximum absolute atomic E-state index is 12.0. The topological polar surface area (TPSA) is 63.6 Å². The number of carbonyl (C=O) groups excluding carboxylic acids is 1. The first-order valence-electron chi connectivity index (χ1n) is 6.02. The van der Waals surface area contributed by atoms with E-state index < -0.39 is 11.4 Å². The molecule has 1 aromatic rings. The summed E-state index contributed by atoms with van der Waals surface area (Å²) in [5.74, 6) is -1.18. The minimum absolute atomic E-state index is 0.219. The second kappa shape index (κ2) is 4.80. The molecule has 0 aliphatic heterocycles. The molecule has 0 amide bonds. The van der Waals surface area contributed by atoms with Crippen molar-refractivity contribution < 1.29 is 19.4 Å². The van der Waals surface area contributed by atoms with Crippen LogP contribution in [-0.2, 0) is 14.9 Å². The summed E-state index contributed by atoms with van der Waals surface area (Å²) in [6.07, 6.45) is 3.53. The molecule has 0 spiro atoms. The molecule has 96 valence electrons. The second-order valence-electron chi connectivity index (χ2n) is 4.66. The van der Waals surface area contributed by atoms with Gasteiger partial charge in [-0.15, -0.1) is 0 Å². The van der Waals surface area contributed by atoms with E-state index in [-0.39, 0.29) is 11.5 Å². The van der Waals surface area contributed by atoms with Gasteiger partial charge in [0.25, 0.3) is 0 Å². The zero-order valence-corrected chi connectivity index (χ0v) is 10.3. The number of esters is 1. The first kappa shape index (κ1) is 12.6. The molecule has 18 heavy (non-hydrogen) atoms. The molecule has 0 saturated heterocycles. The number of rotatable bonds is 3. The molecular formula is C14H16O4. The molecule has 1 aromatic carbocycles. The standard InChI is InChI=1S/C14H16O4/c1-18-13(17)14(8-2-3-9-14)11-6-4-10(5-7-11)12(15)16/h4-7H,2-3,8-9H2,1H3,(H,15,16). The summed E-state index contributed by atoms with van der Waals surface area (Å²) in [6.45, 7) is 0. The van der Waals surface area contributed by atoms with Crippen LogP contribution in [0.4, 0.5) is 0 Å². The maximum Gasteiger partial charge on any atom is 0.335 e. The molecule has 2 rings (SSSR count). The van der Waals surface area contributed by atoms with Crippen LogP contribution in [0.2, 0.25) is 0 Å². The van der Waals surface area contributed by atoms with Gasteiger partial charge in [-0.3, -0.25) is 4.79 Å². The van der Waals surface area contributed by atoms with Crippen LogP contribution in [0.1, 0.15) is 41.6 Å². The Kier molecular flexibility index (Phi) is 3.36. The Balaban J connectivity index is 2.37. The SMILES string of the molecule is COC(=O)C1(c2ccc(C(=O)O)cc2)CCCC1. The van der Waals surface area contributed by atoms with Crippen LogP contribution in [0.3, 0.4) is 0 Å². The van der Waals surface area contributed by atoms with Crippen LogP contribution in [-0.4, -0.2) is 24.2 Å². The van der Waals surface area contributed by atoms with Gasteiger partial charge in [0.05, 0.1) is 18.1 Å². The zero-order chi connectivity index (χ0) is 13.2. The van der Waals surface area contributed by atoms with E-state index in [1.165, 1.54) is 7.11 Å². The summed E-state index contributed by atoms with van der Waals surface area (Å²) in [4.78, 5) is 22.8. The molecule has 1 aliphatic carbocycles. The van der Waals surface area contributed by atoms with Crippen molar-refractivity contribution in [1.29, 1.82) is 0 Å². The van der Waals surface area contributed by atoms with Gasteiger partial charge in [-0.2, -0.15) is 0 Å². The Morgan fingerprint density at radius 1 is 1.17 bits per heavy atom. The molecular weight excluding hydrogens is 232 g/mol. The van der Waals surface area contributed by atoms with E-state index in [2.05, 4.69) is 0 Å². The molecule has 1 aliphatic rings. The zero-order valence-electron chi connectivity index (χ0n) is 10.3. The van der Waals surface area contributed by atoms with Crippen LogP contribution in [0.15, 0.2) is 24.3 Å². The Morgan fingerprint density at radius 2 is 1.72 bits per heavy atom. The van der Waals surface area contributed by atoms with Gasteiger partial charge in [0.2, 0.25) is 0 Å². The number of benzene rings is 1. The van der Waals surface area contributed by atoms with Crippen molar-refractivity contribution in [2.24, 2.45) is 0 Å². The number of carboxylic acid groups (broad SMARTS) is 1. The Bertz CT molecular complexity index is 455. The van der Waals surface area contributed by atoms with E-state index in [9.17, 15) is 9.59 Å². The molecule has 0 aromatic heterocycles. The van der Waals surface area contributed by atoms with E-state index in [0.717, 1.165) is 31.2 Å². The monoisotopic (exact) mass is 248 g/mol. The van der Waals surface area contributed by atoms with E-state index in [1.54, 1.807) is 24.3 Å². The van der Waals surface area contributed by atoms with Crippen molar-refractivity contribution in [2.45, 2.75) is 31.1 Å². The Labute approximate surface area is 106 Å². The predicted octanol–water partition coefficient (Wildman–Crippen LogP) is 2.37. The lowest BCUT2D eigenvalue weighted by Crippen LogP contribution is -2.34. The summed E-state index contributed by atoms with van der Waals surface area (Å²) in [5.41, 5.74) is 0.514. The number of hydrogen-bond donors (Lipinski definition) is 1. The first-order chi connectivity index (χ1) is 8.60. The highest BCUT2D eigenvalue weighted by molar-refractivity contribution is 5.88. The minimum Gasteiger partial charge on any atom is -0.478 e. The fourth-order valence-corrected chi connectivity index (χ4v) is 2.72. The van der Waals surface area contributed by atoms with Crippen molar-refractivity contribution in [3.05, 3.63) is 35.4 Å². The van der Waals surface area contributed by atoms with Gasteiger partial charge in [-0.05, 0) is 30.5 Å². The molecule has 1 fully saturated rings. The van der Waals surface area contributed by atoms with Crippen LogP contribution in [0.5, 0.6) is 0 Å². The van der Waals surface area contributed by atoms with Gasteiger partial charge in [-0.1, -0.05) is 25.0 Å². The van der Waals surface area contributed by atoms with E-state index in [4.69, 9.17) is 9.84 Å². The number of hydrogen-bond acceptors (Lipinski definition) is 3. The molecule has 0 unspecified atom stereocenters. The van der Waals surface area contributed by atoms with Crippen molar-refractivity contribution in [3.63, 3.8) is 0 Å². The smallest absolute Gasteiger partial charge is 0.335 e. The largest absolute Gasteiger partial charge is 0.478 e. The van der Waals surface area contributed by atoms with E-state index >= 15 is 0 Å². The van der Waals surface area contributed by atoms with Crippen LogP contribution < -0.4 is 0 Å². The van der Waals surface area contributed by atoms with Gasteiger partial charge in [0, 0.05) is 0 Å². The molecule has 4 heteroatoms. The van der Waals surface area contributed by atoms with Crippen molar-refractivity contribution >= 4 is 11.9 Å². The van der Waals surface area contributed by atoms with Crippen LogP contribution in [0.25, 0.3) is 0 Å². The summed E-state index contributed by atoms with van der Waals surface area (Å²) in [5, 5.41) is 8.87. The highest BCUT2D eigenvalue weighted by atomic mass is 16.5. The highest BCUT2D eigenvalue weighted by Gasteiger charge is 2.43. The van der Waals surface area contributed by atoms with Gasteiger partial charge in [-0.25, -0.2) is 4.79 Å². The normalized spacial score (nSPS) is 17.4. The molecule has 0 atom stereocenters. The minimum atomic E-state index is -0.958. The fraction of sp³-hybridized carbons (Fsp3) is 0.429. The summed E-state index contributed by atoms with van der Waals surface area (Å²) in [7, 11) is 1.40. The quantitative estimate of drug-likeness (QED) is 0.834. The van der Waals surface area contributed by atoms with Crippen LogP contribution in [0, 0.1) is 0 Å². The average Bonchev–Trinajstić information content (AvgIpc) is 2.88. The number of carboxylic acids is 1. The molecule has 0 radical (unpaired) electrons. The molecule has 1 saturated carbocycles. The van der Waals surface area contributed by atoms with Gasteiger partial charge >= 0.3 is 11.9 Å². The lowest BCUT2D eigenvalue weighted by atomic mass is 9.78. The molecule has 0 bridgehead atoms. The number of carbonyl (C=O) groups is 2. The van der Waals surface area contributed by atoms with E-state index in [0.29, 0.717) is 0 Å². The molecule has 1 N–H and O–H groups in total. The summed E-state index contributed by atoms with van der Waals surface area (Å²) >= 11 is 0. The maximum atomic E-state index is 12.0.